The number of hydrogen-bond donors (Lipinski definition) is 1. The maximum atomic E-state index is 16.2. The molecule has 0 saturated carbocycles. The monoisotopic (exact) mass is 710 g/mol. The second kappa shape index (κ2) is 13.4. The number of aromatic nitrogens is 2. The summed E-state index contributed by atoms with van der Waals surface area (Å²) < 4.78 is 101. The van der Waals surface area contributed by atoms with E-state index in [0.717, 1.165) is 24.6 Å². The highest BCUT2D eigenvalue weighted by molar-refractivity contribution is 5.95. The Bertz CT molecular complexity index is 2160. The third kappa shape index (κ3) is 6.51. The molecule has 7 rings (SSSR count). The first-order chi connectivity index (χ1) is 24.4. The Balaban J connectivity index is 1.22. The maximum Gasteiger partial charge on any atom is 0.416 e. The van der Waals surface area contributed by atoms with Gasteiger partial charge in [0.2, 0.25) is 0 Å². The van der Waals surface area contributed by atoms with E-state index in [1.165, 1.54) is 50.6 Å². The van der Waals surface area contributed by atoms with Gasteiger partial charge in [-0.3, -0.25) is 0 Å². The number of imidazole rings is 1. The largest absolute Gasteiger partial charge is 0.496 e. The lowest BCUT2D eigenvalue weighted by atomic mass is 9.94. The number of halogens is 5. The molecule has 1 fully saturated rings. The molecule has 0 spiro atoms. The van der Waals surface area contributed by atoms with Crippen LogP contribution in [0.25, 0.3) is 22.2 Å². The van der Waals surface area contributed by atoms with E-state index < -0.39 is 29.3 Å². The summed E-state index contributed by atoms with van der Waals surface area (Å²) in [7, 11) is 2.65. The summed E-state index contributed by atoms with van der Waals surface area (Å²) in [6.45, 7) is 0.970. The number of benzene rings is 4. The number of carboxylic acid groups (broad SMARTS) is 1. The molecule has 0 bridgehead atoms. The van der Waals surface area contributed by atoms with Gasteiger partial charge in [0.15, 0.2) is 11.6 Å². The minimum Gasteiger partial charge on any atom is -0.496 e. The summed E-state index contributed by atoms with van der Waals surface area (Å²) >= 11 is 0. The number of methoxy groups -OCH3 is 2. The SMILES string of the molecule is COc1cc(C(F)(F)F)ccc1COc1cc(-c2cc(F)c(Cc3nc4c(OC)cc(C(=O)O)cc4n3C[C@@H]3CCO3)c3c2OCC3)ccc1F. The molecule has 0 unspecified atom stereocenters. The lowest BCUT2D eigenvalue weighted by Crippen LogP contribution is -2.31. The van der Waals surface area contributed by atoms with Crippen molar-refractivity contribution in [3.63, 3.8) is 0 Å². The number of carbonyl (C=O) groups is 1. The van der Waals surface area contributed by atoms with Gasteiger partial charge in [0.1, 0.15) is 41.0 Å². The fourth-order valence-electron chi connectivity index (χ4n) is 6.44. The molecule has 3 heterocycles. The molecular formula is C37H31F5N2O7. The average molecular weight is 711 g/mol. The molecule has 51 heavy (non-hydrogen) atoms. The number of aromatic carboxylic acids is 1. The van der Waals surface area contributed by atoms with Gasteiger partial charge in [-0.25, -0.2) is 18.6 Å². The molecule has 266 valence electrons. The normalized spacial score (nSPS) is 15.3. The lowest BCUT2D eigenvalue weighted by molar-refractivity contribution is -0.137. The van der Waals surface area contributed by atoms with Crippen LogP contribution in [0.15, 0.2) is 54.6 Å². The number of ether oxygens (including phenoxy) is 5. The highest BCUT2D eigenvalue weighted by Crippen LogP contribution is 2.43. The van der Waals surface area contributed by atoms with Gasteiger partial charge in [-0.1, -0.05) is 12.1 Å². The van der Waals surface area contributed by atoms with E-state index >= 15 is 4.39 Å². The van der Waals surface area contributed by atoms with E-state index in [9.17, 15) is 27.5 Å². The van der Waals surface area contributed by atoms with Crippen molar-refractivity contribution in [3.8, 4) is 34.1 Å². The zero-order valence-electron chi connectivity index (χ0n) is 27.4. The third-order valence-corrected chi connectivity index (χ3v) is 9.16. The van der Waals surface area contributed by atoms with Gasteiger partial charge < -0.3 is 33.4 Å². The molecule has 14 heteroatoms. The standard InChI is InChI=1S/C37H31F5N2O7/c1-47-30-14-22(37(40,41)42)5-3-20(30)18-51-31-12-19(4-6-27(31)38)25-15-28(39)26(24-8-10-50-35(24)25)16-33-43-34-29(44(33)17-23-7-9-49-23)11-21(36(45)46)13-32(34)48-2/h3-6,11-15,23H,7-10,16-18H2,1-2H3,(H,45,46)/t23-/m0/s1. The van der Waals surface area contributed by atoms with Crippen LogP contribution in [0.3, 0.4) is 0 Å². The molecule has 9 nitrogen and oxygen atoms in total. The summed E-state index contributed by atoms with van der Waals surface area (Å²) in [6, 6.07) is 11.2. The van der Waals surface area contributed by atoms with Crippen LogP contribution in [0.5, 0.6) is 23.0 Å². The Morgan fingerprint density at radius 3 is 2.45 bits per heavy atom. The smallest absolute Gasteiger partial charge is 0.416 e. The molecule has 0 amide bonds. The van der Waals surface area contributed by atoms with E-state index in [4.69, 9.17) is 28.7 Å². The predicted molar refractivity (Wildman–Crippen MR) is 174 cm³/mol. The fraction of sp³-hybridized carbons (Fsp3) is 0.297. The fourth-order valence-corrected chi connectivity index (χ4v) is 6.44. The second-order valence-electron chi connectivity index (χ2n) is 12.2. The van der Waals surface area contributed by atoms with Gasteiger partial charge in [0, 0.05) is 41.7 Å². The Hall–Kier alpha value is -5.37. The highest BCUT2D eigenvalue weighted by atomic mass is 19.4. The van der Waals surface area contributed by atoms with Crippen molar-refractivity contribution in [2.75, 3.05) is 27.4 Å². The molecule has 2 aliphatic rings. The lowest BCUT2D eigenvalue weighted by Gasteiger charge is -2.27. The number of rotatable bonds is 11. The Labute approximate surface area is 288 Å². The van der Waals surface area contributed by atoms with Crippen LogP contribution in [-0.2, 0) is 36.9 Å². The Kier molecular flexibility index (Phi) is 8.96. The van der Waals surface area contributed by atoms with Crippen molar-refractivity contribution in [2.24, 2.45) is 0 Å². The van der Waals surface area contributed by atoms with Crippen LogP contribution < -0.4 is 18.9 Å². The molecular weight excluding hydrogens is 679 g/mol. The summed E-state index contributed by atoms with van der Waals surface area (Å²) in [6.07, 6.45) is -3.43. The molecule has 0 radical (unpaired) electrons. The predicted octanol–water partition coefficient (Wildman–Crippen LogP) is 7.61. The average Bonchev–Trinajstić information content (AvgIpc) is 3.71. The minimum absolute atomic E-state index is 0.0209. The van der Waals surface area contributed by atoms with Crippen molar-refractivity contribution in [2.45, 2.75) is 44.7 Å². The summed E-state index contributed by atoms with van der Waals surface area (Å²) in [5.74, 6) is -1.50. The van der Waals surface area contributed by atoms with E-state index in [1.54, 1.807) is 0 Å². The first-order valence-corrected chi connectivity index (χ1v) is 16.0. The van der Waals surface area contributed by atoms with Crippen LogP contribution in [-0.4, -0.2) is 54.2 Å². The van der Waals surface area contributed by atoms with Crippen LogP contribution in [0, 0.1) is 11.6 Å². The molecule has 4 aromatic carbocycles. The van der Waals surface area contributed by atoms with Gasteiger partial charge in [-0.05, 0) is 54.4 Å². The van der Waals surface area contributed by atoms with Gasteiger partial charge in [-0.2, -0.15) is 13.2 Å². The van der Waals surface area contributed by atoms with Crippen molar-refractivity contribution in [1.82, 2.24) is 9.55 Å². The molecule has 2 aliphatic heterocycles. The van der Waals surface area contributed by atoms with Crippen LogP contribution in [0.2, 0.25) is 0 Å². The molecule has 1 N–H and O–H groups in total. The van der Waals surface area contributed by atoms with Crippen molar-refractivity contribution >= 4 is 17.0 Å². The van der Waals surface area contributed by atoms with Crippen LogP contribution in [0.4, 0.5) is 22.0 Å². The van der Waals surface area contributed by atoms with Gasteiger partial charge in [-0.15, -0.1) is 0 Å². The van der Waals surface area contributed by atoms with E-state index in [1.807, 2.05) is 4.57 Å². The first kappa shape index (κ1) is 34.1. The minimum atomic E-state index is -4.57. The number of fused-ring (bicyclic) bond motifs is 2. The Morgan fingerprint density at radius 2 is 1.76 bits per heavy atom. The maximum absolute atomic E-state index is 16.2. The zero-order valence-corrected chi connectivity index (χ0v) is 27.4. The summed E-state index contributed by atoms with van der Waals surface area (Å²) in [5, 5.41) is 9.73. The summed E-state index contributed by atoms with van der Waals surface area (Å²) in [5.41, 5.74) is 2.08. The van der Waals surface area contributed by atoms with E-state index in [2.05, 4.69) is 0 Å². The van der Waals surface area contributed by atoms with E-state index in [-0.39, 0.29) is 54.1 Å². The molecule has 0 aliphatic carbocycles. The number of carboxylic acids is 1. The number of alkyl halides is 3. The van der Waals surface area contributed by atoms with Crippen LogP contribution >= 0.6 is 0 Å². The van der Waals surface area contributed by atoms with Gasteiger partial charge >= 0.3 is 12.1 Å². The van der Waals surface area contributed by atoms with Crippen LogP contribution in [0.1, 0.15) is 44.9 Å². The Morgan fingerprint density at radius 1 is 0.980 bits per heavy atom. The summed E-state index contributed by atoms with van der Waals surface area (Å²) in [4.78, 5) is 16.7. The highest BCUT2D eigenvalue weighted by Gasteiger charge is 2.32. The number of nitrogens with zero attached hydrogens (tertiary/aromatic N) is 2. The topological polar surface area (TPSA) is 101 Å². The first-order valence-electron chi connectivity index (χ1n) is 16.0. The number of hydrogen-bond acceptors (Lipinski definition) is 7. The second-order valence-corrected chi connectivity index (χ2v) is 12.2. The van der Waals surface area contributed by atoms with Gasteiger partial charge in [0.05, 0.1) is 50.1 Å². The molecule has 1 atom stereocenters. The van der Waals surface area contributed by atoms with Crippen molar-refractivity contribution in [3.05, 3.63) is 99.9 Å². The quantitative estimate of drug-likeness (QED) is 0.140. The molecule has 1 aromatic heterocycles. The molecule has 1 saturated heterocycles. The van der Waals surface area contributed by atoms with Crippen molar-refractivity contribution < 1.29 is 55.5 Å². The zero-order chi connectivity index (χ0) is 36.0. The van der Waals surface area contributed by atoms with E-state index in [0.29, 0.717) is 64.4 Å². The van der Waals surface area contributed by atoms with Gasteiger partial charge in [0.25, 0.3) is 0 Å². The van der Waals surface area contributed by atoms with Crippen molar-refractivity contribution in [1.29, 1.82) is 0 Å². The third-order valence-electron chi connectivity index (χ3n) is 9.16. The molecule has 5 aromatic rings.